The van der Waals surface area contributed by atoms with E-state index < -0.39 is 0 Å². The molecule has 3 aromatic rings. The first-order valence-electron chi connectivity index (χ1n) is 8.77. The van der Waals surface area contributed by atoms with Gasteiger partial charge in [-0.25, -0.2) is 0 Å². The Morgan fingerprint density at radius 1 is 1.11 bits per heavy atom. The first kappa shape index (κ1) is 21.2. The van der Waals surface area contributed by atoms with Gasteiger partial charge in [-0.2, -0.15) is 0 Å². The number of rotatable bonds is 8. The highest BCUT2D eigenvalue weighted by molar-refractivity contribution is 8.03. The predicted molar refractivity (Wildman–Crippen MR) is 121 cm³/mol. The summed E-state index contributed by atoms with van der Waals surface area (Å²) in [4.78, 5) is 12.4. The van der Waals surface area contributed by atoms with Gasteiger partial charge in [0.1, 0.15) is 0 Å². The van der Waals surface area contributed by atoms with Gasteiger partial charge in [0.05, 0.1) is 5.75 Å². The molecule has 0 saturated carbocycles. The number of carbonyl (C=O) groups is 1. The van der Waals surface area contributed by atoms with Crippen LogP contribution in [0.2, 0.25) is 5.02 Å². The van der Waals surface area contributed by atoms with Crippen LogP contribution in [0, 0.1) is 6.92 Å². The quantitative estimate of drug-likeness (QED) is 0.422. The number of amides is 1. The second-order valence-electron chi connectivity index (χ2n) is 6.05. The van der Waals surface area contributed by atoms with Gasteiger partial charge in [-0.05, 0) is 42.2 Å². The lowest BCUT2D eigenvalue weighted by molar-refractivity contribution is -0.113. The van der Waals surface area contributed by atoms with Gasteiger partial charge in [-0.3, -0.25) is 4.79 Å². The number of halogens is 1. The van der Waals surface area contributed by atoms with Crippen molar-refractivity contribution in [2.75, 3.05) is 11.1 Å². The third-order valence-electron chi connectivity index (χ3n) is 3.99. The number of para-hydroxylation sites is 1. The molecule has 0 radical (unpaired) electrons. The summed E-state index contributed by atoms with van der Waals surface area (Å²) in [6.45, 7) is 4.10. The van der Waals surface area contributed by atoms with Crippen molar-refractivity contribution in [1.29, 1.82) is 0 Å². The minimum Gasteiger partial charge on any atom is -0.325 e. The van der Waals surface area contributed by atoms with Crippen molar-refractivity contribution in [3.05, 3.63) is 64.2 Å². The van der Waals surface area contributed by atoms with Gasteiger partial charge in [-0.1, -0.05) is 83.7 Å². The van der Waals surface area contributed by atoms with E-state index in [9.17, 15) is 4.79 Å². The van der Waals surface area contributed by atoms with Crippen molar-refractivity contribution in [3.8, 4) is 0 Å². The molecule has 146 valence electrons. The number of aromatic nitrogens is 2. The van der Waals surface area contributed by atoms with Gasteiger partial charge in [0.15, 0.2) is 8.68 Å². The lowest BCUT2D eigenvalue weighted by Gasteiger charge is -2.12. The van der Waals surface area contributed by atoms with Gasteiger partial charge >= 0.3 is 0 Å². The molecule has 1 N–H and O–H groups in total. The summed E-state index contributed by atoms with van der Waals surface area (Å²) in [6.07, 6.45) is 0.884. The van der Waals surface area contributed by atoms with Gasteiger partial charge in [0.2, 0.25) is 5.91 Å². The predicted octanol–water partition coefficient (Wildman–Crippen LogP) is 6.09. The number of nitrogens with zero attached hydrogens (tertiary/aromatic N) is 2. The van der Waals surface area contributed by atoms with Crippen LogP contribution in [0.25, 0.3) is 0 Å². The van der Waals surface area contributed by atoms with Crippen LogP contribution in [0.1, 0.15) is 23.6 Å². The fourth-order valence-electron chi connectivity index (χ4n) is 2.54. The first-order valence-corrected chi connectivity index (χ1v) is 11.9. The summed E-state index contributed by atoms with van der Waals surface area (Å²) < 4.78 is 1.69. The minimum atomic E-state index is -0.0282. The molecule has 1 amide bonds. The normalized spacial score (nSPS) is 10.8. The number of hydrogen-bond acceptors (Lipinski definition) is 6. The van der Waals surface area contributed by atoms with Gasteiger partial charge in [-0.15, -0.1) is 10.2 Å². The molecule has 0 atom stereocenters. The topological polar surface area (TPSA) is 54.9 Å². The Labute approximate surface area is 182 Å². The van der Waals surface area contributed by atoms with Crippen LogP contribution >= 0.6 is 46.5 Å². The summed E-state index contributed by atoms with van der Waals surface area (Å²) in [5.41, 5.74) is 4.33. The summed E-state index contributed by atoms with van der Waals surface area (Å²) in [5, 5.41) is 12.2. The highest BCUT2D eigenvalue weighted by Gasteiger charge is 2.12. The number of nitrogens with one attached hydrogen (secondary N) is 1. The third-order valence-corrected chi connectivity index (χ3v) is 7.51. The maximum absolute atomic E-state index is 12.4. The average Bonchev–Trinajstić information content (AvgIpc) is 3.15. The molecule has 1 aromatic heterocycles. The number of thioether (sulfide) groups is 2. The molecule has 0 aliphatic rings. The second-order valence-corrected chi connectivity index (χ2v) is 9.91. The van der Waals surface area contributed by atoms with E-state index in [0.717, 1.165) is 42.7 Å². The second kappa shape index (κ2) is 10.3. The Kier molecular flexibility index (Phi) is 7.79. The number of anilines is 1. The average molecular weight is 450 g/mol. The molecule has 0 saturated heterocycles. The molecule has 1 heterocycles. The highest BCUT2D eigenvalue weighted by Crippen LogP contribution is 2.31. The number of hydrogen-bond donors (Lipinski definition) is 1. The van der Waals surface area contributed by atoms with E-state index in [-0.39, 0.29) is 5.91 Å². The molecule has 3 rings (SSSR count). The zero-order valence-corrected chi connectivity index (χ0v) is 18.8. The molecule has 0 aliphatic heterocycles. The molecule has 0 aliphatic carbocycles. The maximum atomic E-state index is 12.4. The Morgan fingerprint density at radius 3 is 2.54 bits per heavy atom. The standard InChI is InChI=1S/C20H20ClN3OS3/c1-3-15-6-4-5-13(2)18(15)22-17(25)12-27-20-24-23-19(28-20)26-11-14-7-9-16(21)10-8-14/h4-10H,3,11-12H2,1-2H3,(H,22,25). The largest absolute Gasteiger partial charge is 0.325 e. The summed E-state index contributed by atoms with van der Waals surface area (Å²) in [5.74, 6) is 1.09. The molecule has 0 bridgehead atoms. The van der Waals surface area contributed by atoms with Gasteiger partial charge in [0, 0.05) is 16.5 Å². The van der Waals surface area contributed by atoms with Crippen molar-refractivity contribution in [1.82, 2.24) is 10.2 Å². The van der Waals surface area contributed by atoms with Crippen LogP contribution in [0.15, 0.2) is 51.1 Å². The van der Waals surface area contributed by atoms with E-state index in [0.29, 0.717) is 5.75 Å². The molecule has 0 unspecified atom stereocenters. The first-order chi connectivity index (χ1) is 13.5. The zero-order valence-electron chi connectivity index (χ0n) is 15.6. The SMILES string of the molecule is CCc1cccc(C)c1NC(=O)CSc1nnc(SCc2ccc(Cl)cc2)s1. The maximum Gasteiger partial charge on any atom is 0.234 e. The van der Waals surface area contributed by atoms with Crippen LogP contribution in [0.4, 0.5) is 5.69 Å². The van der Waals surface area contributed by atoms with Gasteiger partial charge < -0.3 is 5.32 Å². The molecular formula is C20H20ClN3OS3. The van der Waals surface area contributed by atoms with Crippen LogP contribution in [-0.2, 0) is 17.0 Å². The van der Waals surface area contributed by atoms with Crippen molar-refractivity contribution < 1.29 is 4.79 Å². The molecule has 2 aromatic carbocycles. The molecule has 28 heavy (non-hydrogen) atoms. The molecule has 0 spiro atoms. The smallest absolute Gasteiger partial charge is 0.234 e. The Balaban J connectivity index is 1.50. The summed E-state index contributed by atoms with van der Waals surface area (Å²) in [7, 11) is 0. The number of benzene rings is 2. The lowest BCUT2D eigenvalue weighted by atomic mass is 10.1. The van der Waals surface area contributed by atoms with Crippen LogP contribution in [0.3, 0.4) is 0 Å². The monoisotopic (exact) mass is 449 g/mol. The van der Waals surface area contributed by atoms with E-state index in [2.05, 4.69) is 22.4 Å². The van der Waals surface area contributed by atoms with E-state index in [4.69, 9.17) is 11.6 Å². The number of carbonyl (C=O) groups excluding carboxylic acids is 1. The van der Waals surface area contributed by atoms with Crippen molar-refractivity contribution in [3.63, 3.8) is 0 Å². The molecular weight excluding hydrogens is 430 g/mol. The lowest BCUT2D eigenvalue weighted by Crippen LogP contribution is -2.16. The van der Waals surface area contributed by atoms with E-state index in [1.54, 1.807) is 11.8 Å². The Morgan fingerprint density at radius 2 is 1.82 bits per heavy atom. The van der Waals surface area contributed by atoms with Crippen molar-refractivity contribution in [2.24, 2.45) is 0 Å². The van der Waals surface area contributed by atoms with Crippen LogP contribution < -0.4 is 5.32 Å². The summed E-state index contributed by atoms with van der Waals surface area (Å²) >= 11 is 10.5. The van der Waals surface area contributed by atoms with E-state index in [1.807, 2.05) is 49.4 Å². The van der Waals surface area contributed by atoms with E-state index in [1.165, 1.54) is 28.7 Å². The van der Waals surface area contributed by atoms with Crippen molar-refractivity contribution in [2.45, 2.75) is 34.7 Å². The molecule has 4 nitrogen and oxygen atoms in total. The van der Waals surface area contributed by atoms with Crippen molar-refractivity contribution >= 4 is 58.1 Å². The fraction of sp³-hybridized carbons (Fsp3) is 0.250. The molecule has 0 fully saturated rings. The molecule has 8 heteroatoms. The summed E-state index contributed by atoms with van der Waals surface area (Å²) in [6, 6.07) is 13.9. The zero-order chi connectivity index (χ0) is 19.9. The Hall–Kier alpha value is -1.54. The van der Waals surface area contributed by atoms with Crippen LogP contribution in [-0.4, -0.2) is 21.9 Å². The Bertz CT molecular complexity index is 944. The fourth-order valence-corrected chi connectivity index (χ4v) is 5.45. The van der Waals surface area contributed by atoms with E-state index >= 15 is 0 Å². The highest BCUT2D eigenvalue weighted by atomic mass is 35.5. The minimum absolute atomic E-state index is 0.0282. The number of aryl methyl sites for hydroxylation is 2. The third kappa shape index (κ3) is 5.98. The van der Waals surface area contributed by atoms with Crippen LogP contribution in [0.5, 0.6) is 0 Å². The van der Waals surface area contributed by atoms with Gasteiger partial charge in [0.25, 0.3) is 0 Å².